The fourth-order valence-corrected chi connectivity index (χ4v) is 1.39. The Balaban J connectivity index is 2.29. The van der Waals surface area contributed by atoms with Gasteiger partial charge in [-0.05, 0) is 12.5 Å². The number of hydrogen-bond acceptors (Lipinski definition) is 2. The van der Waals surface area contributed by atoms with Crippen molar-refractivity contribution >= 4 is 6.21 Å². The Kier molecular flexibility index (Phi) is 1.13. The fourth-order valence-electron chi connectivity index (χ4n) is 1.39. The molecule has 1 heterocycles. The number of nitrogens with one attached hydrogen (secondary N) is 1. The topological polar surface area (TPSA) is 24.4 Å². The molecular weight excluding hydrogens is 124 g/mol. The van der Waals surface area contributed by atoms with Crippen molar-refractivity contribution in [1.29, 1.82) is 0 Å². The number of fused-ring (bicyclic) bond motifs is 1. The number of hydrogen-bond donors (Lipinski definition) is 1. The SMILES string of the molecule is CC1=CC=CC2C=NNC12. The Morgan fingerprint density at radius 2 is 2.50 bits per heavy atom. The smallest absolute Gasteiger partial charge is 0.0762 e. The van der Waals surface area contributed by atoms with Gasteiger partial charge in [-0.25, -0.2) is 0 Å². The van der Waals surface area contributed by atoms with E-state index in [9.17, 15) is 0 Å². The first-order chi connectivity index (χ1) is 4.88. The minimum atomic E-state index is 0.435. The highest BCUT2D eigenvalue weighted by molar-refractivity contribution is 5.68. The van der Waals surface area contributed by atoms with Crippen molar-refractivity contribution in [3.63, 3.8) is 0 Å². The molecule has 0 amide bonds. The summed E-state index contributed by atoms with van der Waals surface area (Å²) < 4.78 is 0. The lowest BCUT2D eigenvalue weighted by Gasteiger charge is -2.18. The average Bonchev–Trinajstić information content (AvgIpc) is 2.36. The molecule has 0 bridgehead atoms. The summed E-state index contributed by atoms with van der Waals surface area (Å²) in [6.45, 7) is 2.13. The molecule has 2 atom stereocenters. The molecule has 0 radical (unpaired) electrons. The van der Waals surface area contributed by atoms with Gasteiger partial charge in [-0.3, -0.25) is 0 Å². The quantitative estimate of drug-likeness (QED) is 0.526. The van der Waals surface area contributed by atoms with E-state index in [1.165, 1.54) is 5.57 Å². The van der Waals surface area contributed by atoms with Gasteiger partial charge in [0.2, 0.25) is 0 Å². The first-order valence-electron chi connectivity index (χ1n) is 3.51. The normalized spacial score (nSPS) is 35.1. The largest absolute Gasteiger partial charge is 0.302 e. The molecule has 2 unspecified atom stereocenters. The van der Waals surface area contributed by atoms with E-state index >= 15 is 0 Å². The predicted molar refractivity (Wildman–Crippen MR) is 41.8 cm³/mol. The molecule has 0 aromatic rings. The summed E-state index contributed by atoms with van der Waals surface area (Å²) in [6, 6.07) is 0.435. The Labute approximate surface area is 60.3 Å². The van der Waals surface area contributed by atoms with E-state index in [-0.39, 0.29) is 0 Å². The Bertz CT molecular complexity index is 225. The molecule has 2 rings (SSSR count). The highest BCUT2D eigenvalue weighted by Crippen LogP contribution is 2.20. The third kappa shape index (κ3) is 0.685. The third-order valence-corrected chi connectivity index (χ3v) is 2.03. The second-order valence-electron chi connectivity index (χ2n) is 2.76. The third-order valence-electron chi connectivity index (χ3n) is 2.03. The van der Waals surface area contributed by atoms with Crippen molar-refractivity contribution in [3.05, 3.63) is 23.8 Å². The summed E-state index contributed by atoms with van der Waals surface area (Å²) in [5.74, 6) is 0.491. The molecule has 2 aliphatic rings. The zero-order valence-electron chi connectivity index (χ0n) is 5.91. The lowest BCUT2D eigenvalue weighted by Crippen LogP contribution is -2.28. The monoisotopic (exact) mass is 134 g/mol. The zero-order valence-corrected chi connectivity index (χ0v) is 5.91. The van der Waals surface area contributed by atoms with Crippen LogP contribution < -0.4 is 5.43 Å². The van der Waals surface area contributed by atoms with Crippen LogP contribution in [0.15, 0.2) is 28.9 Å². The highest BCUT2D eigenvalue weighted by atomic mass is 15.3. The molecule has 0 aromatic heterocycles. The molecule has 2 heteroatoms. The number of hydrazone groups is 1. The lowest BCUT2D eigenvalue weighted by molar-refractivity contribution is 0.592. The van der Waals surface area contributed by atoms with E-state index in [0.717, 1.165) is 0 Å². The molecule has 1 N–H and O–H groups in total. The van der Waals surface area contributed by atoms with Gasteiger partial charge < -0.3 is 5.43 Å². The molecule has 0 spiro atoms. The van der Waals surface area contributed by atoms with E-state index in [1.807, 2.05) is 6.21 Å². The average molecular weight is 134 g/mol. The molecule has 2 nitrogen and oxygen atoms in total. The van der Waals surface area contributed by atoms with Gasteiger partial charge >= 0.3 is 0 Å². The van der Waals surface area contributed by atoms with Gasteiger partial charge in [-0.15, -0.1) is 0 Å². The van der Waals surface area contributed by atoms with Gasteiger partial charge in [0.15, 0.2) is 0 Å². The molecule has 1 aliphatic heterocycles. The van der Waals surface area contributed by atoms with E-state index in [0.29, 0.717) is 12.0 Å². The van der Waals surface area contributed by atoms with Crippen LogP contribution in [0.5, 0.6) is 0 Å². The molecule has 0 saturated heterocycles. The second kappa shape index (κ2) is 1.97. The Morgan fingerprint density at radius 1 is 1.60 bits per heavy atom. The molecule has 52 valence electrons. The summed E-state index contributed by atoms with van der Waals surface area (Å²) in [5, 5.41) is 4.01. The van der Waals surface area contributed by atoms with Crippen LogP contribution in [0.2, 0.25) is 0 Å². The number of nitrogens with zero attached hydrogens (tertiary/aromatic N) is 1. The summed E-state index contributed by atoms with van der Waals surface area (Å²) in [6.07, 6.45) is 8.34. The minimum absolute atomic E-state index is 0.435. The van der Waals surface area contributed by atoms with Crippen molar-refractivity contribution in [1.82, 2.24) is 5.43 Å². The zero-order chi connectivity index (χ0) is 6.97. The first kappa shape index (κ1) is 5.71. The van der Waals surface area contributed by atoms with Crippen molar-refractivity contribution in [2.45, 2.75) is 13.0 Å². The molecule has 0 fully saturated rings. The van der Waals surface area contributed by atoms with Gasteiger partial charge in [0.1, 0.15) is 0 Å². The molecule has 0 aromatic carbocycles. The van der Waals surface area contributed by atoms with Crippen molar-refractivity contribution in [2.24, 2.45) is 11.0 Å². The maximum Gasteiger partial charge on any atom is 0.0762 e. The van der Waals surface area contributed by atoms with E-state index in [1.54, 1.807) is 0 Å². The van der Waals surface area contributed by atoms with Crippen LogP contribution >= 0.6 is 0 Å². The molecule has 1 aliphatic carbocycles. The summed E-state index contributed by atoms with van der Waals surface area (Å²) in [7, 11) is 0. The minimum Gasteiger partial charge on any atom is -0.302 e. The van der Waals surface area contributed by atoms with Gasteiger partial charge in [0, 0.05) is 12.1 Å². The maximum atomic E-state index is 4.01. The summed E-state index contributed by atoms with van der Waals surface area (Å²) >= 11 is 0. The van der Waals surface area contributed by atoms with Crippen LogP contribution in [0.1, 0.15) is 6.92 Å². The first-order valence-corrected chi connectivity index (χ1v) is 3.51. The van der Waals surface area contributed by atoms with Crippen LogP contribution in [0.25, 0.3) is 0 Å². The van der Waals surface area contributed by atoms with Crippen LogP contribution in [0, 0.1) is 5.92 Å². The van der Waals surface area contributed by atoms with Crippen LogP contribution in [-0.2, 0) is 0 Å². The number of rotatable bonds is 0. The van der Waals surface area contributed by atoms with Crippen LogP contribution in [0.4, 0.5) is 0 Å². The van der Waals surface area contributed by atoms with Crippen LogP contribution in [-0.4, -0.2) is 12.3 Å². The van der Waals surface area contributed by atoms with Gasteiger partial charge in [0.05, 0.1) is 6.04 Å². The van der Waals surface area contributed by atoms with E-state index in [4.69, 9.17) is 0 Å². The van der Waals surface area contributed by atoms with E-state index < -0.39 is 0 Å². The maximum absolute atomic E-state index is 4.01. The Hall–Kier alpha value is -1.05. The molecule has 0 saturated carbocycles. The van der Waals surface area contributed by atoms with Crippen molar-refractivity contribution < 1.29 is 0 Å². The molecular formula is C8H10N2. The van der Waals surface area contributed by atoms with Gasteiger partial charge in [-0.1, -0.05) is 18.2 Å². The Morgan fingerprint density at radius 3 is 3.30 bits per heavy atom. The summed E-state index contributed by atoms with van der Waals surface area (Å²) in [4.78, 5) is 0. The van der Waals surface area contributed by atoms with Gasteiger partial charge in [0.25, 0.3) is 0 Å². The van der Waals surface area contributed by atoms with Crippen molar-refractivity contribution in [3.8, 4) is 0 Å². The fraction of sp³-hybridized carbons (Fsp3) is 0.375. The predicted octanol–water partition coefficient (Wildman–Crippen LogP) is 1.08. The van der Waals surface area contributed by atoms with Gasteiger partial charge in [-0.2, -0.15) is 5.10 Å². The standard InChI is InChI=1S/C8H10N2/c1-6-3-2-4-7-5-9-10-8(6)7/h2-5,7-8,10H,1H3. The highest BCUT2D eigenvalue weighted by Gasteiger charge is 2.24. The van der Waals surface area contributed by atoms with E-state index in [2.05, 4.69) is 35.7 Å². The van der Waals surface area contributed by atoms with Crippen molar-refractivity contribution in [2.75, 3.05) is 0 Å². The lowest BCUT2D eigenvalue weighted by atomic mass is 9.92. The summed E-state index contributed by atoms with van der Waals surface area (Å²) in [5.41, 5.74) is 4.42. The second-order valence-corrected chi connectivity index (χ2v) is 2.76. The number of allylic oxidation sites excluding steroid dienone is 2. The molecule has 10 heavy (non-hydrogen) atoms. The van der Waals surface area contributed by atoms with Crippen LogP contribution in [0.3, 0.4) is 0 Å².